The Bertz CT molecular complexity index is 1010. The topological polar surface area (TPSA) is 70.2 Å². The predicted octanol–water partition coefficient (Wildman–Crippen LogP) is 5.01. The van der Waals surface area contributed by atoms with Crippen LogP contribution in [-0.2, 0) is 11.2 Å². The summed E-state index contributed by atoms with van der Waals surface area (Å²) in [4.78, 5) is 25.2. The van der Waals surface area contributed by atoms with Crippen LogP contribution in [0.2, 0.25) is 0 Å². The third kappa shape index (κ3) is 5.97. The number of aryl methyl sites for hydroxylation is 1. The molecule has 1 aromatic carbocycles. The number of thiophene rings is 1. The first-order valence-electron chi connectivity index (χ1n) is 11.6. The van der Waals surface area contributed by atoms with E-state index in [0.717, 1.165) is 61.7 Å². The molecular weight excluding hydrogens is 418 g/mol. The van der Waals surface area contributed by atoms with Crippen LogP contribution < -0.4 is 15.5 Å². The van der Waals surface area contributed by atoms with Crippen LogP contribution in [0.4, 0.5) is 11.8 Å². The first-order valence-corrected chi connectivity index (χ1v) is 12.5. The zero-order valence-corrected chi connectivity index (χ0v) is 19.8. The van der Waals surface area contributed by atoms with E-state index in [1.165, 1.54) is 4.88 Å². The Balaban J connectivity index is 1.22. The summed E-state index contributed by atoms with van der Waals surface area (Å²) < 4.78 is 0. The zero-order chi connectivity index (χ0) is 22.3. The van der Waals surface area contributed by atoms with E-state index in [1.807, 2.05) is 37.2 Å². The highest BCUT2D eigenvalue weighted by atomic mass is 32.1. The number of aromatic nitrogens is 2. The van der Waals surface area contributed by atoms with Crippen molar-refractivity contribution in [1.29, 1.82) is 0 Å². The van der Waals surface area contributed by atoms with Crippen LogP contribution in [0.25, 0.3) is 10.9 Å². The van der Waals surface area contributed by atoms with Crippen molar-refractivity contribution in [1.82, 2.24) is 15.3 Å². The fraction of sp³-hybridized carbons (Fsp3) is 0.480. The molecule has 1 amide bonds. The first-order chi connectivity index (χ1) is 15.6. The fourth-order valence-corrected chi connectivity index (χ4v) is 5.12. The highest BCUT2D eigenvalue weighted by molar-refractivity contribution is 7.09. The van der Waals surface area contributed by atoms with Crippen molar-refractivity contribution in [2.24, 2.45) is 0 Å². The maximum Gasteiger partial charge on any atom is 0.225 e. The van der Waals surface area contributed by atoms with Crippen molar-refractivity contribution in [2.75, 3.05) is 24.3 Å². The molecule has 0 atom stereocenters. The van der Waals surface area contributed by atoms with E-state index in [1.54, 1.807) is 11.3 Å². The van der Waals surface area contributed by atoms with Gasteiger partial charge < -0.3 is 15.5 Å². The van der Waals surface area contributed by atoms with Crippen LogP contribution >= 0.6 is 11.3 Å². The molecular formula is C25H33N5OS. The van der Waals surface area contributed by atoms with Crippen molar-refractivity contribution < 1.29 is 4.79 Å². The number of nitrogens with one attached hydrogen (secondary N) is 2. The van der Waals surface area contributed by atoms with Gasteiger partial charge >= 0.3 is 0 Å². The van der Waals surface area contributed by atoms with Crippen LogP contribution in [0.5, 0.6) is 0 Å². The van der Waals surface area contributed by atoms with Gasteiger partial charge in [-0.15, -0.1) is 11.3 Å². The number of para-hydroxylation sites is 1. The van der Waals surface area contributed by atoms with Gasteiger partial charge in [0.05, 0.1) is 5.52 Å². The second kappa shape index (κ2) is 10.8. The summed E-state index contributed by atoms with van der Waals surface area (Å²) in [5, 5.41) is 9.95. The van der Waals surface area contributed by atoms with E-state index in [0.29, 0.717) is 18.4 Å². The minimum atomic E-state index is 0.195. The normalized spacial score (nSPS) is 18.4. The van der Waals surface area contributed by atoms with Crippen molar-refractivity contribution >= 4 is 39.9 Å². The fourth-order valence-electron chi connectivity index (χ4n) is 4.37. The Morgan fingerprint density at radius 3 is 2.56 bits per heavy atom. The van der Waals surface area contributed by atoms with Crippen molar-refractivity contribution in [3.8, 4) is 0 Å². The lowest BCUT2D eigenvalue weighted by Gasteiger charge is -2.30. The molecule has 3 aromatic rings. The van der Waals surface area contributed by atoms with Crippen LogP contribution in [0.3, 0.4) is 0 Å². The Kier molecular flexibility index (Phi) is 7.58. The zero-order valence-electron chi connectivity index (χ0n) is 19.0. The van der Waals surface area contributed by atoms with Gasteiger partial charge in [-0.25, -0.2) is 4.98 Å². The van der Waals surface area contributed by atoms with Crippen molar-refractivity contribution in [3.05, 3.63) is 46.7 Å². The van der Waals surface area contributed by atoms with Gasteiger partial charge in [0.2, 0.25) is 11.9 Å². The third-order valence-electron chi connectivity index (χ3n) is 6.09. The number of nitrogens with zero attached hydrogens (tertiary/aromatic N) is 3. The summed E-state index contributed by atoms with van der Waals surface area (Å²) in [6.07, 6.45) is 7.74. The summed E-state index contributed by atoms with van der Waals surface area (Å²) in [5.41, 5.74) is 0.953. The monoisotopic (exact) mass is 451 g/mol. The average molecular weight is 452 g/mol. The van der Waals surface area contributed by atoms with E-state index >= 15 is 0 Å². The minimum absolute atomic E-state index is 0.195. The molecule has 0 spiro atoms. The molecule has 0 radical (unpaired) electrons. The lowest BCUT2D eigenvalue weighted by Crippen LogP contribution is -2.40. The largest absolute Gasteiger partial charge is 0.362 e. The van der Waals surface area contributed by atoms with Gasteiger partial charge in [-0.05, 0) is 68.5 Å². The second-order valence-electron chi connectivity index (χ2n) is 8.83. The summed E-state index contributed by atoms with van der Waals surface area (Å²) in [5.74, 6) is 1.81. The number of carbonyl (C=O) groups is 1. The van der Waals surface area contributed by atoms with Crippen molar-refractivity contribution in [2.45, 2.75) is 63.5 Å². The van der Waals surface area contributed by atoms with E-state index < -0.39 is 0 Å². The Labute approximate surface area is 194 Å². The van der Waals surface area contributed by atoms with Crippen molar-refractivity contribution in [3.63, 3.8) is 0 Å². The van der Waals surface area contributed by atoms with Gasteiger partial charge in [0, 0.05) is 42.9 Å². The molecule has 4 rings (SSSR count). The second-order valence-corrected chi connectivity index (χ2v) is 9.86. The lowest BCUT2D eigenvalue weighted by atomic mass is 9.91. The number of carbonyl (C=O) groups excluding carboxylic acids is 1. The molecule has 7 heteroatoms. The molecule has 2 N–H and O–H groups in total. The standard InChI is InChI=1S/C25H33N5OS/c1-30(2)24-21-10-4-5-11-22(21)28-25(29-24)27-19-15-13-18(14-16-19)26-23(31)12-6-3-8-20-9-7-17-32-20/h4-5,7,9-11,17-19H,3,6,8,12-16H2,1-2H3,(H,26,31)(H,27,28,29)/t18-,19+. The Morgan fingerprint density at radius 1 is 1.03 bits per heavy atom. The summed E-state index contributed by atoms with van der Waals surface area (Å²) >= 11 is 1.80. The molecule has 2 aromatic heterocycles. The number of anilines is 2. The summed E-state index contributed by atoms with van der Waals surface area (Å²) in [6.45, 7) is 0. The first kappa shape index (κ1) is 22.5. The molecule has 1 saturated carbocycles. The molecule has 0 aliphatic heterocycles. The number of unbranched alkanes of at least 4 members (excludes halogenated alkanes) is 1. The van der Waals surface area contributed by atoms with Gasteiger partial charge in [0.15, 0.2) is 0 Å². The van der Waals surface area contributed by atoms with Crippen LogP contribution in [-0.4, -0.2) is 42.1 Å². The smallest absolute Gasteiger partial charge is 0.225 e. The number of hydrogen-bond donors (Lipinski definition) is 2. The molecule has 0 bridgehead atoms. The van der Waals surface area contributed by atoms with E-state index in [2.05, 4.69) is 34.2 Å². The average Bonchev–Trinajstić information content (AvgIpc) is 3.31. The number of amides is 1. The number of benzene rings is 1. The molecule has 1 fully saturated rings. The number of fused-ring (bicyclic) bond motifs is 1. The highest BCUT2D eigenvalue weighted by Crippen LogP contribution is 2.26. The van der Waals surface area contributed by atoms with Gasteiger partial charge in [0.1, 0.15) is 5.82 Å². The highest BCUT2D eigenvalue weighted by Gasteiger charge is 2.23. The predicted molar refractivity (Wildman–Crippen MR) is 134 cm³/mol. The molecule has 1 aliphatic rings. The molecule has 0 unspecified atom stereocenters. The van der Waals surface area contributed by atoms with E-state index in [4.69, 9.17) is 9.97 Å². The summed E-state index contributed by atoms with van der Waals surface area (Å²) in [6, 6.07) is 13.0. The van der Waals surface area contributed by atoms with Crippen LogP contribution in [0.15, 0.2) is 41.8 Å². The van der Waals surface area contributed by atoms with Crippen LogP contribution in [0.1, 0.15) is 49.8 Å². The van der Waals surface area contributed by atoms with Gasteiger partial charge in [-0.1, -0.05) is 18.2 Å². The van der Waals surface area contributed by atoms with Gasteiger partial charge in [-0.2, -0.15) is 4.98 Å². The minimum Gasteiger partial charge on any atom is -0.362 e. The third-order valence-corrected chi connectivity index (χ3v) is 7.03. The summed E-state index contributed by atoms with van der Waals surface area (Å²) in [7, 11) is 4.02. The number of hydrogen-bond acceptors (Lipinski definition) is 6. The Morgan fingerprint density at radius 2 is 1.81 bits per heavy atom. The molecule has 170 valence electrons. The number of rotatable bonds is 9. The lowest BCUT2D eigenvalue weighted by molar-refractivity contribution is -0.122. The van der Waals surface area contributed by atoms with Gasteiger partial charge in [-0.3, -0.25) is 4.79 Å². The molecule has 0 saturated heterocycles. The maximum absolute atomic E-state index is 12.3. The maximum atomic E-state index is 12.3. The SMILES string of the molecule is CN(C)c1nc(N[C@H]2CC[C@@H](NC(=O)CCCCc3cccs3)CC2)nc2ccccc12. The van der Waals surface area contributed by atoms with Gasteiger partial charge in [0.25, 0.3) is 0 Å². The van der Waals surface area contributed by atoms with Crippen LogP contribution in [0, 0.1) is 0 Å². The molecule has 2 heterocycles. The molecule has 1 aliphatic carbocycles. The van der Waals surface area contributed by atoms with E-state index in [9.17, 15) is 4.79 Å². The quantitative estimate of drug-likeness (QED) is 0.448. The molecule has 32 heavy (non-hydrogen) atoms. The molecule has 6 nitrogen and oxygen atoms in total. The Hall–Kier alpha value is -2.67. The van der Waals surface area contributed by atoms with E-state index in [-0.39, 0.29) is 11.9 Å².